The fourth-order valence-corrected chi connectivity index (χ4v) is 6.53. The van der Waals surface area contributed by atoms with Gasteiger partial charge in [-0.2, -0.15) is 0 Å². The zero-order chi connectivity index (χ0) is 21.6. The summed E-state index contributed by atoms with van der Waals surface area (Å²) in [4.78, 5) is 14.8. The van der Waals surface area contributed by atoms with Gasteiger partial charge in [0.15, 0.2) is 0 Å². The number of hydrogen-bond donors (Lipinski definition) is 0. The molecule has 31 heavy (non-hydrogen) atoms. The molecule has 1 saturated heterocycles. The van der Waals surface area contributed by atoms with Crippen LogP contribution in [0.4, 0.5) is 0 Å². The summed E-state index contributed by atoms with van der Waals surface area (Å²) < 4.78 is 28.0. The predicted molar refractivity (Wildman–Crippen MR) is 121 cm³/mol. The summed E-state index contributed by atoms with van der Waals surface area (Å²) in [7, 11) is -3.67. The van der Waals surface area contributed by atoms with Crippen LogP contribution in [0.3, 0.4) is 0 Å². The van der Waals surface area contributed by atoms with Crippen LogP contribution in [0.2, 0.25) is 0 Å². The summed E-state index contributed by atoms with van der Waals surface area (Å²) in [6.45, 7) is 3.46. The molecule has 1 aliphatic carbocycles. The van der Waals surface area contributed by atoms with Gasteiger partial charge in [0.05, 0.1) is 10.4 Å². The molecule has 3 aromatic rings. The van der Waals surface area contributed by atoms with E-state index in [9.17, 15) is 13.2 Å². The van der Waals surface area contributed by atoms with Gasteiger partial charge in [-0.1, -0.05) is 48.6 Å². The Morgan fingerprint density at radius 1 is 1.03 bits per heavy atom. The second-order valence-corrected chi connectivity index (χ2v) is 10.4. The van der Waals surface area contributed by atoms with Gasteiger partial charge in [-0.3, -0.25) is 9.69 Å². The lowest BCUT2D eigenvalue weighted by molar-refractivity contribution is -0.124. The van der Waals surface area contributed by atoms with Crippen LogP contribution in [-0.4, -0.2) is 42.2 Å². The number of hydrogen-bond acceptors (Lipinski definition) is 4. The fourth-order valence-electron chi connectivity index (χ4n) is 5.12. The highest BCUT2D eigenvalue weighted by molar-refractivity contribution is 7.90. The first-order chi connectivity index (χ1) is 14.9. The molecule has 3 heterocycles. The van der Waals surface area contributed by atoms with Gasteiger partial charge in [0.1, 0.15) is 5.78 Å². The van der Waals surface area contributed by atoms with Crippen LogP contribution in [0.15, 0.2) is 77.8 Å². The van der Waals surface area contributed by atoms with E-state index in [0.29, 0.717) is 11.4 Å². The molecule has 0 radical (unpaired) electrons. The van der Waals surface area contributed by atoms with Crippen molar-refractivity contribution in [1.29, 1.82) is 0 Å². The maximum atomic E-state index is 13.3. The number of benzene rings is 2. The number of carbonyl (C=O) groups excluding carboxylic acids is 1. The minimum absolute atomic E-state index is 0.0727. The van der Waals surface area contributed by atoms with Crippen molar-refractivity contribution in [2.24, 2.45) is 11.8 Å². The highest BCUT2D eigenvalue weighted by atomic mass is 32.2. The van der Waals surface area contributed by atoms with Crippen molar-refractivity contribution >= 4 is 26.7 Å². The van der Waals surface area contributed by atoms with Crippen molar-refractivity contribution < 1.29 is 13.2 Å². The van der Waals surface area contributed by atoms with E-state index < -0.39 is 10.0 Å². The lowest BCUT2D eigenvalue weighted by Gasteiger charge is -2.45. The van der Waals surface area contributed by atoms with Crippen LogP contribution >= 0.6 is 0 Å². The van der Waals surface area contributed by atoms with Crippen molar-refractivity contribution in [2.45, 2.75) is 30.7 Å². The molecule has 0 unspecified atom stereocenters. The van der Waals surface area contributed by atoms with Crippen molar-refractivity contribution in [3.8, 4) is 0 Å². The third-order valence-corrected chi connectivity index (χ3v) is 8.38. The molecule has 5 nitrogen and oxygen atoms in total. The summed E-state index contributed by atoms with van der Waals surface area (Å²) in [5.41, 5.74) is 1.71. The topological polar surface area (TPSA) is 59.4 Å². The minimum atomic E-state index is -3.67. The normalized spacial score (nSPS) is 23.5. The van der Waals surface area contributed by atoms with Crippen LogP contribution in [0.1, 0.15) is 18.9 Å². The van der Waals surface area contributed by atoms with E-state index in [0.717, 1.165) is 36.9 Å². The molecule has 160 valence electrons. The van der Waals surface area contributed by atoms with Crippen LogP contribution < -0.4 is 0 Å². The van der Waals surface area contributed by atoms with Crippen LogP contribution in [0.5, 0.6) is 0 Å². The summed E-state index contributed by atoms with van der Waals surface area (Å²) in [5, 5.41) is 0.961. The Balaban J connectivity index is 1.46. The first-order valence-corrected chi connectivity index (χ1v) is 12.2. The SMILES string of the molecule is CC(=O)[C@@H]1C[C@@H]2C=C[C@H]1N(CCc1cn(S(=O)(=O)c3ccccc3)c3ccccc13)C2. The van der Waals surface area contributed by atoms with E-state index in [1.807, 2.05) is 30.3 Å². The van der Waals surface area contributed by atoms with Gasteiger partial charge in [-0.05, 0) is 49.4 Å². The standard InChI is InChI=1S/C25H26N2O3S/c1-18(28)23-15-19-11-12-24(23)26(16-19)14-13-20-17-27(25-10-6-5-9-22(20)25)31(29,30)21-7-3-2-4-8-21/h2-12,17,19,23-24H,13-16H2,1H3/t19-,23-,24+/m0/s1. The number of para-hydroxylation sites is 1. The van der Waals surface area contributed by atoms with Crippen molar-refractivity contribution in [3.63, 3.8) is 0 Å². The number of aromatic nitrogens is 1. The smallest absolute Gasteiger partial charge is 0.268 e. The van der Waals surface area contributed by atoms with E-state index in [1.165, 1.54) is 3.97 Å². The number of fused-ring (bicyclic) bond motifs is 3. The van der Waals surface area contributed by atoms with E-state index >= 15 is 0 Å². The average Bonchev–Trinajstić information content (AvgIpc) is 3.18. The molecule has 2 bridgehead atoms. The molecule has 0 N–H and O–H groups in total. The summed E-state index contributed by atoms with van der Waals surface area (Å²) in [6.07, 6.45) is 7.89. The molecule has 3 atom stereocenters. The molecule has 6 rings (SSSR count). The van der Waals surface area contributed by atoms with E-state index in [1.54, 1.807) is 37.4 Å². The lowest BCUT2D eigenvalue weighted by Crippen LogP contribution is -2.52. The van der Waals surface area contributed by atoms with Gasteiger partial charge in [0.2, 0.25) is 0 Å². The largest absolute Gasteiger partial charge is 0.300 e. The van der Waals surface area contributed by atoms with Crippen molar-refractivity contribution in [1.82, 2.24) is 8.87 Å². The molecular formula is C25H26N2O3S. The fraction of sp³-hybridized carbons (Fsp3) is 0.320. The molecular weight excluding hydrogens is 408 g/mol. The Morgan fingerprint density at radius 3 is 2.52 bits per heavy atom. The maximum Gasteiger partial charge on any atom is 0.268 e. The van der Waals surface area contributed by atoms with Gasteiger partial charge < -0.3 is 0 Å². The monoisotopic (exact) mass is 434 g/mol. The van der Waals surface area contributed by atoms with Gasteiger partial charge in [0.25, 0.3) is 10.0 Å². The molecule has 6 heteroatoms. The Bertz CT molecular complexity index is 1260. The molecule has 1 aromatic heterocycles. The van der Waals surface area contributed by atoms with Gasteiger partial charge in [0, 0.05) is 36.6 Å². The number of ketones is 1. The number of Topliss-reactive ketones (excluding diaryl/α,β-unsaturated/α-hetero) is 1. The number of nitrogens with zero attached hydrogens (tertiary/aromatic N) is 2. The summed E-state index contributed by atoms with van der Waals surface area (Å²) >= 11 is 0. The predicted octanol–water partition coefficient (Wildman–Crippen LogP) is 3.89. The number of rotatable bonds is 6. The first-order valence-electron chi connectivity index (χ1n) is 10.8. The van der Waals surface area contributed by atoms with Gasteiger partial charge >= 0.3 is 0 Å². The Kier molecular flexibility index (Phi) is 5.07. The van der Waals surface area contributed by atoms with Gasteiger partial charge in [-0.15, -0.1) is 0 Å². The third-order valence-electron chi connectivity index (χ3n) is 6.69. The van der Waals surface area contributed by atoms with Crippen LogP contribution in [-0.2, 0) is 21.2 Å². The van der Waals surface area contributed by atoms with E-state index in [2.05, 4.69) is 17.1 Å². The zero-order valence-electron chi connectivity index (χ0n) is 17.5. The second kappa shape index (κ2) is 7.77. The Morgan fingerprint density at radius 2 is 1.77 bits per heavy atom. The molecule has 0 spiro atoms. The lowest BCUT2D eigenvalue weighted by atomic mass is 9.76. The number of carbonyl (C=O) groups is 1. The highest BCUT2D eigenvalue weighted by Gasteiger charge is 2.39. The number of piperidine rings is 1. The molecule has 0 saturated carbocycles. The van der Waals surface area contributed by atoms with Crippen LogP contribution in [0.25, 0.3) is 10.9 Å². The maximum absolute atomic E-state index is 13.3. The first kappa shape index (κ1) is 20.2. The molecule has 2 aliphatic heterocycles. The minimum Gasteiger partial charge on any atom is -0.300 e. The Hall–Kier alpha value is -2.70. The third kappa shape index (κ3) is 3.54. The van der Waals surface area contributed by atoms with Crippen molar-refractivity contribution in [3.05, 3.63) is 78.5 Å². The van der Waals surface area contributed by atoms with Gasteiger partial charge in [-0.25, -0.2) is 12.4 Å². The second-order valence-electron chi connectivity index (χ2n) is 8.62. The Labute approximate surface area is 183 Å². The van der Waals surface area contributed by atoms with Crippen molar-refractivity contribution in [2.75, 3.05) is 13.1 Å². The van der Waals surface area contributed by atoms with Crippen LogP contribution in [0, 0.1) is 11.8 Å². The molecule has 2 aromatic carbocycles. The molecule has 1 fully saturated rings. The summed E-state index contributed by atoms with van der Waals surface area (Å²) in [6, 6.07) is 16.4. The zero-order valence-corrected chi connectivity index (χ0v) is 18.3. The molecule has 0 amide bonds. The molecule has 3 aliphatic rings. The summed E-state index contributed by atoms with van der Waals surface area (Å²) in [5.74, 6) is 0.761. The quantitative estimate of drug-likeness (QED) is 0.553. The van der Waals surface area contributed by atoms with E-state index in [4.69, 9.17) is 0 Å². The average molecular weight is 435 g/mol. The highest BCUT2D eigenvalue weighted by Crippen LogP contribution is 2.35. The van der Waals surface area contributed by atoms with E-state index in [-0.39, 0.29) is 22.6 Å².